The monoisotopic (exact) mass is 226 g/mol. The zero-order chi connectivity index (χ0) is 11.4. The number of rotatable bonds is 3. The maximum Gasteiger partial charge on any atom is 0.311 e. The molecule has 0 aliphatic rings. The van der Waals surface area contributed by atoms with Crippen LogP contribution in [0.2, 0.25) is 5.02 Å². The Balaban J connectivity index is 3.41. The third kappa shape index (κ3) is 2.17. The molecule has 0 heterocycles. The molecule has 78 valence electrons. The van der Waals surface area contributed by atoms with Gasteiger partial charge in [0.2, 0.25) is 5.75 Å². The van der Waals surface area contributed by atoms with Crippen LogP contribution in [0.3, 0.4) is 0 Å². The number of ether oxygens (including phenoxy) is 1. The van der Waals surface area contributed by atoms with Crippen LogP contribution >= 0.6 is 11.6 Å². The fourth-order valence-electron chi connectivity index (χ4n) is 1.21. The molecule has 0 radical (unpaired) electrons. The number of hydrogen-bond acceptors (Lipinski definition) is 4. The summed E-state index contributed by atoms with van der Waals surface area (Å²) in [6, 6.07) is 4.51. The molecule has 0 saturated carbocycles. The van der Waals surface area contributed by atoms with Gasteiger partial charge in [0, 0.05) is 16.7 Å². The SMILES string of the molecule is COc1c([N+](=O)[O-])ccc(Cl)c1CC#N. The highest BCUT2D eigenvalue weighted by Gasteiger charge is 2.20. The van der Waals surface area contributed by atoms with Crippen molar-refractivity contribution in [1.82, 2.24) is 0 Å². The van der Waals surface area contributed by atoms with E-state index in [0.717, 1.165) is 0 Å². The van der Waals surface area contributed by atoms with Crippen molar-refractivity contribution in [3.63, 3.8) is 0 Å². The Morgan fingerprint density at radius 3 is 2.80 bits per heavy atom. The van der Waals surface area contributed by atoms with Gasteiger partial charge in [0.25, 0.3) is 0 Å². The molecule has 15 heavy (non-hydrogen) atoms. The number of methoxy groups -OCH3 is 1. The normalized spacial score (nSPS) is 9.40. The molecule has 0 aliphatic heterocycles. The van der Waals surface area contributed by atoms with Crippen molar-refractivity contribution >= 4 is 17.3 Å². The molecular weight excluding hydrogens is 220 g/mol. The molecule has 1 aromatic rings. The second kappa shape index (κ2) is 4.62. The van der Waals surface area contributed by atoms with E-state index in [2.05, 4.69) is 0 Å². The van der Waals surface area contributed by atoms with E-state index >= 15 is 0 Å². The van der Waals surface area contributed by atoms with Crippen LogP contribution in [0.4, 0.5) is 5.69 Å². The maximum absolute atomic E-state index is 10.6. The molecule has 0 atom stereocenters. The van der Waals surface area contributed by atoms with E-state index < -0.39 is 4.92 Å². The summed E-state index contributed by atoms with van der Waals surface area (Å²) >= 11 is 5.81. The highest BCUT2D eigenvalue weighted by Crippen LogP contribution is 2.35. The molecule has 1 rings (SSSR count). The molecule has 6 heteroatoms. The average molecular weight is 227 g/mol. The van der Waals surface area contributed by atoms with E-state index in [9.17, 15) is 10.1 Å². The number of hydrogen-bond donors (Lipinski definition) is 0. The molecule has 0 spiro atoms. The Morgan fingerprint density at radius 2 is 2.33 bits per heavy atom. The van der Waals surface area contributed by atoms with Crippen LogP contribution in [0.25, 0.3) is 0 Å². The summed E-state index contributed by atoms with van der Waals surface area (Å²) in [6.07, 6.45) is -0.0241. The van der Waals surface area contributed by atoms with Gasteiger partial charge in [-0.15, -0.1) is 0 Å². The Hall–Kier alpha value is -1.80. The van der Waals surface area contributed by atoms with E-state index in [-0.39, 0.29) is 17.9 Å². The Bertz CT molecular complexity index is 440. The minimum Gasteiger partial charge on any atom is -0.490 e. The quantitative estimate of drug-likeness (QED) is 0.585. The average Bonchev–Trinajstić information content (AvgIpc) is 2.20. The zero-order valence-corrected chi connectivity index (χ0v) is 8.61. The summed E-state index contributed by atoms with van der Waals surface area (Å²) in [7, 11) is 1.31. The van der Waals surface area contributed by atoms with Crippen LogP contribution in [-0.4, -0.2) is 12.0 Å². The van der Waals surface area contributed by atoms with Crippen molar-refractivity contribution in [2.45, 2.75) is 6.42 Å². The number of benzene rings is 1. The first-order chi connectivity index (χ1) is 7.11. The first-order valence-corrected chi connectivity index (χ1v) is 4.36. The van der Waals surface area contributed by atoms with Crippen LogP contribution < -0.4 is 4.74 Å². The molecule has 0 saturated heterocycles. The molecule has 0 bridgehead atoms. The van der Waals surface area contributed by atoms with E-state index in [4.69, 9.17) is 21.6 Å². The lowest BCUT2D eigenvalue weighted by molar-refractivity contribution is -0.385. The largest absolute Gasteiger partial charge is 0.490 e. The maximum atomic E-state index is 10.6. The zero-order valence-electron chi connectivity index (χ0n) is 7.86. The van der Waals surface area contributed by atoms with Gasteiger partial charge in [0.05, 0.1) is 24.5 Å². The lowest BCUT2D eigenvalue weighted by Crippen LogP contribution is -1.98. The lowest BCUT2D eigenvalue weighted by Gasteiger charge is -2.07. The van der Waals surface area contributed by atoms with Gasteiger partial charge >= 0.3 is 5.69 Å². The Labute approximate surface area is 91.0 Å². The minimum absolute atomic E-state index is 0.0241. The molecule has 0 amide bonds. The standard InChI is InChI=1S/C9H7ClN2O3/c1-15-9-6(4-5-11)7(10)2-3-8(9)12(13)14/h2-3H,4H2,1H3. The van der Waals surface area contributed by atoms with Gasteiger partial charge in [-0.3, -0.25) is 10.1 Å². The van der Waals surface area contributed by atoms with Gasteiger partial charge in [-0.05, 0) is 6.07 Å². The summed E-state index contributed by atoms with van der Waals surface area (Å²) in [5.41, 5.74) is 0.156. The Morgan fingerprint density at radius 1 is 1.67 bits per heavy atom. The fourth-order valence-corrected chi connectivity index (χ4v) is 1.42. The first-order valence-electron chi connectivity index (χ1n) is 3.98. The van der Waals surface area contributed by atoms with Crippen molar-refractivity contribution in [2.24, 2.45) is 0 Å². The molecule has 0 N–H and O–H groups in total. The van der Waals surface area contributed by atoms with E-state index in [1.807, 2.05) is 6.07 Å². The summed E-state index contributed by atoms with van der Waals surface area (Å²) in [5.74, 6) is 0.0500. The minimum atomic E-state index is -0.573. The summed E-state index contributed by atoms with van der Waals surface area (Å²) in [4.78, 5) is 10.1. The van der Waals surface area contributed by atoms with Crippen LogP contribution in [0.15, 0.2) is 12.1 Å². The highest BCUT2D eigenvalue weighted by atomic mass is 35.5. The molecule has 0 unspecified atom stereocenters. The van der Waals surface area contributed by atoms with Crippen molar-refractivity contribution in [3.8, 4) is 11.8 Å². The molecule has 0 aliphatic carbocycles. The second-order valence-electron chi connectivity index (χ2n) is 2.67. The van der Waals surface area contributed by atoms with Gasteiger partial charge in [-0.1, -0.05) is 11.6 Å². The van der Waals surface area contributed by atoms with Crippen molar-refractivity contribution in [1.29, 1.82) is 5.26 Å². The summed E-state index contributed by atoms with van der Waals surface area (Å²) < 4.78 is 4.89. The van der Waals surface area contributed by atoms with Crippen LogP contribution in [0, 0.1) is 21.4 Å². The molecule has 5 nitrogen and oxygen atoms in total. The number of nitriles is 1. The third-order valence-corrected chi connectivity index (χ3v) is 2.19. The summed E-state index contributed by atoms with van der Waals surface area (Å²) in [5, 5.41) is 19.5. The molecular formula is C9H7ClN2O3. The van der Waals surface area contributed by atoms with Crippen LogP contribution in [-0.2, 0) is 6.42 Å². The predicted molar refractivity (Wildman–Crippen MR) is 54.0 cm³/mol. The van der Waals surface area contributed by atoms with E-state index in [1.165, 1.54) is 19.2 Å². The highest BCUT2D eigenvalue weighted by molar-refractivity contribution is 6.31. The van der Waals surface area contributed by atoms with Crippen LogP contribution in [0.1, 0.15) is 5.56 Å². The lowest BCUT2D eigenvalue weighted by atomic mass is 10.1. The van der Waals surface area contributed by atoms with Gasteiger partial charge < -0.3 is 4.74 Å². The van der Waals surface area contributed by atoms with Crippen molar-refractivity contribution < 1.29 is 9.66 Å². The van der Waals surface area contributed by atoms with E-state index in [0.29, 0.717) is 10.6 Å². The van der Waals surface area contributed by atoms with Gasteiger partial charge in [-0.25, -0.2) is 0 Å². The summed E-state index contributed by atoms with van der Waals surface area (Å²) in [6.45, 7) is 0. The van der Waals surface area contributed by atoms with Gasteiger partial charge in [0.15, 0.2) is 0 Å². The fraction of sp³-hybridized carbons (Fsp3) is 0.222. The molecule has 0 fully saturated rings. The topological polar surface area (TPSA) is 76.2 Å². The molecule has 1 aromatic carbocycles. The second-order valence-corrected chi connectivity index (χ2v) is 3.08. The number of halogens is 1. The number of nitro groups is 1. The first kappa shape index (κ1) is 11.3. The van der Waals surface area contributed by atoms with Gasteiger partial charge in [0.1, 0.15) is 0 Å². The van der Waals surface area contributed by atoms with Crippen molar-refractivity contribution in [3.05, 3.63) is 32.8 Å². The van der Waals surface area contributed by atoms with Crippen LogP contribution in [0.5, 0.6) is 5.75 Å². The third-order valence-electron chi connectivity index (χ3n) is 1.84. The Kier molecular flexibility index (Phi) is 3.47. The number of nitro benzene ring substituents is 1. The smallest absolute Gasteiger partial charge is 0.311 e. The van der Waals surface area contributed by atoms with E-state index in [1.54, 1.807) is 0 Å². The molecule has 0 aromatic heterocycles. The predicted octanol–water partition coefficient (Wildman–Crippen LogP) is 2.32. The van der Waals surface area contributed by atoms with Gasteiger partial charge in [-0.2, -0.15) is 5.26 Å². The number of nitrogens with zero attached hydrogens (tertiary/aromatic N) is 2. The van der Waals surface area contributed by atoms with Crippen molar-refractivity contribution in [2.75, 3.05) is 7.11 Å².